The van der Waals surface area contributed by atoms with Gasteiger partial charge < -0.3 is 10.1 Å². The first-order valence-corrected chi connectivity index (χ1v) is 8.55. The minimum absolute atomic E-state index is 0.178. The van der Waals surface area contributed by atoms with Gasteiger partial charge in [-0.25, -0.2) is 12.7 Å². The Morgan fingerprint density at radius 2 is 1.95 bits per heavy atom. The van der Waals surface area contributed by atoms with Crippen LogP contribution in [-0.4, -0.2) is 44.7 Å². The Hall–Kier alpha value is -1.27. The molecule has 1 fully saturated rings. The monoisotopic (exact) mass is 298 g/mol. The van der Waals surface area contributed by atoms with Gasteiger partial charge in [-0.1, -0.05) is 12.1 Å². The molecule has 1 aromatic rings. The summed E-state index contributed by atoms with van der Waals surface area (Å²) in [6, 6.07) is 8.07. The number of methoxy groups -OCH3 is 1. The smallest absolute Gasteiger partial charge is 0.213 e. The van der Waals surface area contributed by atoms with Crippen LogP contribution in [0.25, 0.3) is 0 Å². The predicted octanol–water partition coefficient (Wildman–Crippen LogP) is 1.92. The summed E-state index contributed by atoms with van der Waals surface area (Å²) in [5.41, 5.74) is 0.965. The number of anilines is 1. The number of benzene rings is 1. The van der Waals surface area contributed by atoms with E-state index in [4.69, 9.17) is 4.74 Å². The molecule has 1 N–H and O–H groups in total. The van der Waals surface area contributed by atoms with Crippen LogP contribution in [0.4, 0.5) is 5.69 Å². The van der Waals surface area contributed by atoms with Gasteiger partial charge in [-0.05, 0) is 31.9 Å². The van der Waals surface area contributed by atoms with Crippen molar-refractivity contribution in [3.63, 3.8) is 0 Å². The fourth-order valence-electron chi connectivity index (χ4n) is 2.44. The standard InChI is InChI=1S/C14H22N2O3S/c1-3-20(17,18)16-10-8-12(9-11-16)15-13-6-4-5-7-14(13)19-2/h4-7,12,15H,3,8-11H2,1-2H3. The first-order valence-electron chi connectivity index (χ1n) is 6.94. The number of nitrogens with zero attached hydrogens (tertiary/aromatic N) is 1. The Kier molecular flexibility index (Phi) is 4.88. The number of rotatable bonds is 5. The van der Waals surface area contributed by atoms with Gasteiger partial charge in [0, 0.05) is 19.1 Å². The number of piperidine rings is 1. The molecule has 0 radical (unpaired) electrons. The maximum Gasteiger partial charge on any atom is 0.213 e. The predicted molar refractivity (Wildman–Crippen MR) is 80.7 cm³/mol. The maximum absolute atomic E-state index is 11.8. The Balaban J connectivity index is 1.95. The minimum Gasteiger partial charge on any atom is -0.495 e. The molecule has 0 atom stereocenters. The van der Waals surface area contributed by atoms with Crippen LogP contribution >= 0.6 is 0 Å². The molecule has 20 heavy (non-hydrogen) atoms. The maximum atomic E-state index is 11.8. The zero-order valence-corrected chi connectivity index (χ0v) is 12.8. The van der Waals surface area contributed by atoms with Crippen LogP contribution in [0.15, 0.2) is 24.3 Å². The number of hydrogen-bond donors (Lipinski definition) is 1. The van der Waals surface area contributed by atoms with E-state index in [1.807, 2.05) is 24.3 Å². The molecular weight excluding hydrogens is 276 g/mol. The van der Waals surface area contributed by atoms with E-state index in [0.29, 0.717) is 13.1 Å². The summed E-state index contributed by atoms with van der Waals surface area (Å²) in [6.45, 7) is 2.86. The second kappa shape index (κ2) is 6.45. The van der Waals surface area contributed by atoms with Gasteiger partial charge in [0.1, 0.15) is 5.75 Å². The van der Waals surface area contributed by atoms with Crippen LogP contribution in [0.1, 0.15) is 19.8 Å². The summed E-state index contributed by atoms with van der Waals surface area (Å²) >= 11 is 0. The molecule has 1 saturated heterocycles. The average molecular weight is 298 g/mol. The summed E-state index contributed by atoms with van der Waals surface area (Å²) in [5, 5.41) is 3.44. The lowest BCUT2D eigenvalue weighted by Crippen LogP contribution is -2.42. The number of sulfonamides is 1. The van der Waals surface area contributed by atoms with Gasteiger partial charge in [-0.3, -0.25) is 0 Å². The molecular formula is C14H22N2O3S. The highest BCUT2D eigenvalue weighted by atomic mass is 32.2. The Morgan fingerprint density at radius 3 is 2.55 bits per heavy atom. The number of hydrogen-bond acceptors (Lipinski definition) is 4. The molecule has 0 aromatic heterocycles. The number of nitrogens with one attached hydrogen (secondary N) is 1. The van der Waals surface area contributed by atoms with Crippen molar-refractivity contribution in [3.8, 4) is 5.75 Å². The molecule has 112 valence electrons. The van der Waals surface area contributed by atoms with Gasteiger partial charge in [0.25, 0.3) is 0 Å². The molecule has 0 unspecified atom stereocenters. The Labute approximate surface area is 121 Å². The summed E-state index contributed by atoms with van der Waals surface area (Å²) in [7, 11) is -1.40. The topological polar surface area (TPSA) is 58.6 Å². The zero-order chi connectivity index (χ0) is 14.6. The van der Waals surface area contributed by atoms with Crippen LogP contribution in [0.2, 0.25) is 0 Å². The van der Waals surface area contributed by atoms with E-state index in [-0.39, 0.29) is 11.8 Å². The average Bonchev–Trinajstić information content (AvgIpc) is 2.48. The summed E-state index contributed by atoms with van der Waals surface area (Å²) < 4.78 is 30.5. The van der Waals surface area contributed by atoms with Crippen molar-refractivity contribution in [2.45, 2.75) is 25.8 Å². The van der Waals surface area contributed by atoms with E-state index >= 15 is 0 Å². The SMILES string of the molecule is CCS(=O)(=O)N1CCC(Nc2ccccc2OC)CC1. The van der Waals surface area contributed by atoms with Gasteiger partial charge in [0.05, 0.1) is 18.6 Å². The number of ether oxygens (including phenoxy) is 1. The normalized spacial score (nSPS) is 17.9. The molecule has 0 spiro atoms. The fraction of sp³-hybridized carbons (Fsp3) is 0.571. The second-order valence-electron chi connectivity index (χ2n) is 4.92. The first kappa shape index (κ1) is 15.1. The summed E-state index contributed by atoms with van der Waals surface area (Å²) in [6.07, 6.45) is 1.63. The molecule has 2 rings (SSSR count). The highest BCUT2D eigenvalue weighted by molar-refractivity contribution is 7.89. The molecule has 0 amide bonds. The third-order valence-corrected chi connectivity index (χ3v) is 5.56. The highest BCUT2D eigenvalue weighted by Gasteiger charge is 2.26. The van der Waals surface area contributed by atoms with Gasteiger partial charge in [0.15, 0.2) is 0 Å². The van der Waals surface area contributed by atoms with E-state index in [1.165, 1.54) is 0 Å². The van der Waals surface area contributed by atoms with E-state index in [2.05, 4.69) is 5.32 Å². The Morgan fingerprint density at radius 1 is 1.30 bits per heavy atom. The molecule has 1 aliphatic rings. The third-order valence-electron chi connectivity index (χ3n) is 3.68. The van der Waals surface area contributed by atoms with Crippen molar-refractivity contribution in [1.82, 2.24) is 4.31 Å². The Bertz CT molecular complexity index is 537. The minimum atomic E-state index is -3.05. The van der Waals surface area contributed by atoms with Crippen LogP contribution in [0, 0.1) is 0 Å². The molecule has 1 aliphatic heterocycles. The van der Waals surface area contributed by atoms with Gasteiger partial charge in [-0.2, -0.15) is 0 Å². The third kappa shape index (κ3) is 3.43. The van der Waals surface area contributed by atoms with Crippen molar-refractivity contribution in [1.29, 1.82) is 0 Å². The van der Waals surface area contributed by atoms with E-state index in [9.17, 15) is 8.42 Å². The van der Waals surface area contributed by atoms with Crippen molar-refractivity contribution in [2.24, 2.45) is 0 Å². The second-order valence-corrected chi connectivity index (χ2v) is 7.18. The van der Waals surface area contributed by atoms with Crippen LogP contribution < -0.4 is 10.1 Å². The lowest BCUT2D eigenvalue weighted by molar-refractivity contribution is 0.329. The summed E-state index contributed by atoms with van der Waals surface area (Å²) in [5.74, 6) is 0.994. The van der Waals surface area contributed by atoms with Crippen molar-refractivity contribution < 1.29 is 13.2 Å². The van der Waals surface area contributed by atoms with E-state index in [1.54, 1.807) is 18.3 Å². The van der Waals surface area contributed by atoms with Crippen molar-refractivity contribution in [3.05, 3.63) is 24.3 Å². The van der Waals surface area contributed by atoms with Gasteiger partial charge in [-0.15, -0.1) is 0 Å². The quantitative estimate of drug-likeness (QED) is 0.902. The number of para-hydroxylation sites is 2. The molecule has 0 bridgehead atoms. The van der Waals surface area contributed by atoms with Crippen molar-refractivity contribution >= 4 is 15.7 Å². The van der Waals surface area contributed by atoms with Crippen molar-refractivity contribution in [2.75, 3.05) is 31.3 Å². The first-order chi connectivity index (χ1) is 9.56. The molecule has 0 aliphatic carbocycles. The lowest BCUT2D eigenvalue weighted by Gasteiger charge is -2.32. The van der Waals surface area contributed by atoms with E-state index in [0.717, 1.165) is 24.3 Å². The van der Waals surface area contributed by atoms with Crippen LogP contribution in [0.3, 0.4) is 0 Å². The molecule has 1 aromatic carbocycles. The molecule has 1 heterocycles. The molecule has 0 saturated carbocycles. The zero-order valence-electron chi connectivity index (χ0n) is 12.0. The van der Waals surface area contributed by atoms with E-state index < -0.39 is 10.0 Å². The summed E-state index contributed by atoms with van der Waals surface area (Å²) in [4.78, 5) is 0. The van der Waals surface area contributed by atoms with Gasteiger partial charge in [0.2, 0.25) is 10.0 Å². The highest BCUT2D eigenvalue weighted by Crippen LogP contribution is 2.26. The van der Waals surface area contributed by atoms with Crippen LogP contribution in [-0.2, 0) is 10.0 Å². The largest absolute Gasteiger partial charge is 0.495 e. The fourth-order valence-corrected chi connectivity index (χ4v) is 3.58. The lowest BCUT2D eigenvalue weighted by atomic mass is 10.1. The van der Waals surface area contributed by atoms with Gasteiger partial charge >= 0.3 is 0 Å². The van der Waals surface area contributed by atoms with Crippen LogP contribution in [0.5, 0.6) is 5.75 Å². The molecule has 5 nitrogen and oxygen atoms in total. The molecule has 6 heteroatoms.